The Hall–Kier alpha value is -2.89. The number of amides is 1. The predicted molar refractivity (Wildman–Crippen MR) is 103 cm³/mol. The van der Waals surface area contributed by atoms with E-state index in [-0.39, 0.29) is 30.0 Å². The van der Waals surface area contributed by atoms with E-state index in [0.29, 0.717) is 0 Å². The summed E-state index contributed by atoms with van der Waals surface area (Å²) in [7, 11) is 0. The second kappa shape index (κ2) is 10.2. The second-order valence-electron chi connectivity index (χ2n) is 7.18. The van der Waals surface area contributed by atoms with Crippen LogP contribution in [-0.4, -0.2) is 39.4 Å². The molecule has 1 heterocycles. The summed E-state index contributed by atoms with van der Waals surface area (Å²) in [5, 5.41) is 11.6. The summed E-state index contributed by atoms with van der Waals surface area (Å²) < 4.78 is 76.8. The maximum atomic E-state index is 12.8. The van der Waals surface area contributed by atoms with E-state index in [2.05, 4.69) is 10.3 Å². The average molecular weight is 465 g/mol. The summed E-state index contributed by atoms with van der Waals surface area (Å²) in [6.45, 7) is 0.802. The zero-order valence-corrected chi connectivity index (χ0v) is 16.9. The number of carbonyl (C=O) groups excluding carboxylic acids is 1. The van der Waals surface area contributed by atoms with E-state index < -0.39 is 54.9 Å². The van der Waals surface area contributed by atoms with Gasteiger partial charge in [-0.25, -0.2) is 4.98 Å². The first-order chi connectivity index (χ1) is 14.8. The molecule has 32 heavy (non-hydrogen) atoms. The standard InChI is InChI=1S/C20H21F6N3O3/c1-12(30)10-27-17(31)11-29-16(3-2-8-19(21,22)23)28-15(9-18(29)32)13-4-6-14(7-5-13)20(24,25)26/h4-7,9,12,30H,2-3,8,10-11H2,1H3,(H,27,31). The van der Waals surface area contributed by atoms with E-state index in [1.165, 1.54) is 6.92 Å². The van der Waals surface area contributed by atoms with Crippen LogP contribution in [0, 0.1) is 0 Å². The van der Waals surface area contributed by atoms with Crippen LogP contribution < -0.4 is 10.9 Å². The van der Waals surface area contributed by atoms with Crippen molar-refractivity contribution in [2.24, 2.45) is 0 Å². The highest BCUT2D eigenvalue weighted by Gasteiger charge is 2.30. The van der Waals surface area contributed by atoms with E-state index in [0.717, 1.165) is 34.9 Å². The zero-order valence-electron chi connectivity index (χ0n) is 16.9. The molecule has 1 unspecified atom stereocenters. The van der Waals surface area contributed by atoms with Crippen molar-refractivity contribution >= 4 is 5.91 Å². The van der Waals surface area contributed by atoms with Gasteiger partial charge >= 0.3 is 12.4 Å². The summed E-state index contributed by atoms with van der Waals surface area (Å²) in [6, 6.07) is 4.80. The Morgan fingerprint density at radius 2 is 1.78 bits per heavy atom. The van der Waals surface area contributed by atoms with Crippen LogP contribution in [-0.2, 0) is 23.9 Å². The highest BCUT2D eigenvalue weighted by molar-refractivity contribution is 5.75. The number of aryl methyl sites for hydroxylation is 1. The van der Waals surface area contributed by atoms with Gasteiger partial charge in [0.05, 0.1) is 17.4 Å². The number of alkyl halides is 6. The lowest BCUT2D eigenvalue weighted by Gasteiger charge is -2.15. The highest BCUT2D eigenvalue weighted by atomic mass is 19.4. The van der Waals surface area contributed by atoms with Crippen molar-refractivity contribution < 1.29 is 36.2 Å². The lowest BCUT2D eigenvalue weighted by Crippen LogP contribution is -2.37. The van der Waals surface area contributed by atoms with Crippen molar-refractivity contribution in [3.8, 4) is 11.3 Å². The molecule has 176 valence electrons. The van der Waals surface area contributed by atoms with Gasteiger partial charge in [0.15, 0.2) is 0 Å². The Bertz CT molecular complexity index is 982. The van der Waals surface area contributed by atoms with Gasteiger partial charge in [-0.05, 0) is 25.5 Å². The Balaban J connectivity index is 2.37. The predicted octanol–water partition coefficient (Wildman–Crippen LogP) is 3.31. The molecule has 2 aromatic rings. The fourth-order valence-corrected chi connectivity index (χ4v) is 2.80. The molecule has 0 radical (unpaired) electrons. The first-order valence-corrected chi connectivity index (χ1v) is 9.56. The Kier molecular flexibility index (Phi) is 8.05. The molecular weight excluding hydrogens is 444 g/mol. The summed E-state index contributed by atoms with van der Waals surface area (Å²) in [4.78, 5) is 28.8. The van der Waals surface area contributed by atoms with E-state index in [1.54, 1.807) is 0 Å². The van der Waals surface area contributed by atoms with Crippen LogP contribution in [0.5, 0.6) is 0 Å². The van der Waals surface area contributed by atoms with Crippen molar-refractivity contribution in [2.45, 2.75) is 51.2 Å². The van der Waals surface area contributed by atoms with Gasteiger partial charge in [0.25, 0.3) is 5.56 Å². The molecule has 1 amide bonds. The minimum atomic E-state index is -4.56. The molecule has 0 bridgehead atoms. The fraction of sp³-hybridized carbons (Fsp3) is 0.450. The highest BCUT2D eigenvalue weighted by Crippen LogP contribution is 2.30. The molecule has 0 spiro atoms. The molecule has 1 aromatic carbocycles. The topological polar surface area (TPSA) is 84.2 Å². The van der Waals surface area contributed by atoms with Crippen molar-refractivity contribution in [3.05, 3.63) is 52.1 Å². The van der Waals surface area contributed by atoms with E-state index >= 15 is 0 Å². The molecule has 0 saturated heterocycles. The normalized spacial score (nSPS) is 13.1. The molecule has 0 fully saturated rings. The lowest BCUT2D eigenvalue weighted by molar-refractivity contribution is -0.137. The number of nitrogens with zero attached hydrogens (tertiary/aromatic N) is 2. The Labute approximate surface area is 178 Å². The van der Waals surface area contributed by atoms with Crippen LogP contribution in [0.1, 0.15) is 31.2 Å². The zero-order chi connectivity index (χ0) is 24.1. The van der Waals surface area contributed by atoms with Crippen molar-refractivity contribution in [3.63, 3.8) is 0 Å². The van der Waals surface area contributed by atoms with Crippen LogP contribution in [0.3, 0.4) is 0 Å². The number of hydrogen-bond acceptors (Lipinski definition) is 4. The number of hydrogen-bond donors (Lipinski definition) is 2. The van der Waals surface area contributed by atoms with E-state index in [9.17, 15) is 41.0 Å². The lowest BCUT2D eigenvalue weighted by atomic mass is 10.1. The third-order valence-corrected chi connectivity index (χ3v) is 4.35. The number of aliphatic hydroxyl groups is 1. The largest absolute Gasteiger partial charge is 0.416 e. The molecule has 0 saturated carbocycles. The summed E-state index contributed by atoms with van der Waals surface area (Å²) in [5.41, 5.74) is -1.51. The maximum Gasteiger partial charge on any atom is 0.416 e. The Morgan fingerprint density at radius 1 is 1.16 bits per heavy atom. The van der Waals surface area contributed by atoms with E-state index in [1.807, 2.05) is 0 Å². The Morgan fingerprint density at radius 3 is 2.31 bits per heavy atom. The van der Waals surface area contributed by atoms with E-state index in [4.69, 9.17) is 0 Å². The molecule has 0 aliphatic heterocycles. The van der Waals surface area contributed by atoms with Gasteiger partial charge in [-0.1, -0.05) is 12.1 Å². The smallest absolute Gasteiger partial charge is 0.392 e. The van der Waals surface area contributed by atoms with Gasteiger partial charge < -0.3 is 10.4 Å². The fourth-order valence-electron chi connectivity index (χ4n) is 2.80. The SMILES string of the molecule is CC(O)CNC(=O)Cn1c(CCCC(F)(F)F)nc(-c2ccc(C(F)(F)F)cc2)cc1=O. The number of benzene rings is 1. The third-order valence-electron chi connectivity index (χ3n) is 4.35. The van der Waals surface area contributed by atoms with Crippen molar-refractivity contribution in [1.29, 1.82) is 0 Å². The molecule has 2 N–H and O–H groups in total. The number of rotatable bonds is 8. The molecule has 0 aliphatic rings. The number of halogens is 6. The number of aliphatic hydroxyl groups excluding tert-OH is 1. The molecule has 6 nitrogen and oxygen atoms in total. The number of carbonyl (C=O) groups is 1. The molecule has 0 aliphatic carbocycles. The monoisotopic (exact) mass is 465 g/mol. The molecular formula is C20H21F6N3O3. The quantitative estimate of drug-likeness (QED) is 0.586. The van der Waals surface area contributed by atoms with Gasteiger partial charge in [-0.2, -0.15) is 26.3 Å². The molecule has 12 heteroatoms. The average Bonchev–Trinajstić information content (AvgIpc) is 2.67. The van der Waals surface area contributed by atoms with Crippen LogP contribution in [0.4, 0.5) is 26.3 Å². The molecule has 1 aromatic heterocycles. The number of aromatic nitrogens is 2. The van der Waals surface area contributed by atoms with Crippen LogP contribution in [0.15, 0.2) is 35.1 Å². The minimum absolute atomic E-state index is 0.0219. The first kappa shape index (κ1) is 25.4. The molecule has 1 atom stereocenters. The van der Waals surface area contributed by atoms with Crippen LogP contribution >= 0.6 is 0 Å². The van der Waals surface area contributed by atoms with Gasteiger partial charge in [-0.15, -0.1) is 0 Å². The summed E-state index contributed by atoms with van der Waals surface area (Å²) in [6.07, 6.45) is -11.7. The van der Waals surface area contributed by atoms with Gasteiger partial charge in [-0.3, -0.25) is 14.2 Å². The molecule has 2 rings (SSSR count). The first-order valence-electron chi connectivity index (χ1n) is 9.56. The van der Waals surface area contributed by atoms with Crippen molar-refractivity contribution in [2.75, 3.05) is 6.54 Å². The summed E-state index contributed by atoms with van der Waals surface area (Å²) in [5.74, 6) is -0.766. The van der Waals surface area contributed by atoms with Crippen LogP contribution in [0.25, 0.3) is 11.3 Å². The second-order valence-corrected chi connectivity index (χ2v) is 7.18. The maximum absolute atomic E-state index is 12.8. The number of nitrogens with one attached hydrogen (secondary N) is 1. The van der Waals surface area contributed by atoms with Crippen LogP contribution in [0.2, 0.25) is 0 Å². The van der Waals surface area contributed by atoms with Gasteiger partial charge in [0.1, 0.15) is 12.4 Å². The van der Waals surface area contributed by atoms with Gasteiger partial charge in [0, 0.05) is 31.0 Å². The van der Waals surface area contributed by atoms with Crippen molar-refractivity contribution in [1.82, 2.24) is 14.9 Å². The summed E-state index contributed by atoms with van der Waals surface area (Å²) >= 11 is 0. The minimum Gasteiger partial charge on any atom is -0.392 e. The van der Waals surface area contributed by atoms with Gasteiger partial charge in [0.2, 0.25) is 5.91 Å². The third kappa shape index (κ3) is 7.66.